The van der Waals surface area contributed by atoms with Crippen molar-refractivity contribution in [3.8, 4) is 0 Å². The van der Waals surface area contributed by atoms with Crippen LogP contribution in [0.5, 0.6) is 0 Å². The lowest BCUT2D eigenvalue weighted by Gasteiger charge is -2.39. The van der Waals surface area contributed by atoms with Gasteiger partial charge in [0.05, 0.1) is 0 Å². The number of ether oxygens (including phenoxy) is 3. The van der Waals surface area contributed by atoms with E-state index in [1.54, 1.807) is 5.32 Å². The Bertz CT molecular complexity index is 798. The van der Waals surface area contributed by atoms with Gasteiger partial charge >= 0.3 is 6.03 Å². The van der Waals surface area contributed by atoms with Gasteiger partial charge in [0.1, 0.15) is 5.69 Å². The Kier molecular flexibility index (Phi) is 16.4. The molecule has 1 aromatic rings. The Labute approximate surface area is 223 Å². The number of carbonyl (C=O) groups excluding carboxylic acids is 1. The summed E-state index contributed by atoms with van der Waals surface area (Å²) in [6.07, 6.45) is 9.50. The Morgan fingerprint density at radius 3 is 1.63 bits per heavy atom. The lowest BCUT2D eigenvalue weighted by Crippen LogP contribution is -2.47. The zero-order valence-corrected chi connectivity index (χ0v) is 23.0. The molecule has 0 bridgehead atoms. The van der Waals surface area contributed by atoms with Crippen molar-refractivity contribution >= 4 is 11.7 Å². The van der Waals surface area contributed by atoms with E-state index in [1.807, 2.05) is 20.8 Å². The zero-order chi connectivity index (χ0) is 28.6. The highest BCUT2D eigenvalue weighted by Crippen LogP contribution is 2.34. The average molecular weight is 555 g/mol. The molecule has 1 aromatic carbocycles. The first kappa shape index (κ1) is 34.0. The lowest BCUT2D eigenvalue weighted by atomic mass is 9.92. The van der Waals surface area contributed by atoms with Crippen LogP contribution in [-0.2, 0) is 14.2 Å². The highest BCUT2D eigenvalue weighted by molar-refractivity contribution is 5.89. The second kappa shape index (κ2) is 18.3. The Morgan fingerprint density at radius 1 is 0.684 bits per heavy atom. The van der Waals surface area contributed by atoms with Gasteiger partial charge in [0.15, 0.2) is 23.3 Å². The molecule has 220 valence electrons. The summed E-state index contributed by atoms with van der Waals surface area (Å²) in [7, 11) is 0. The van der Waals surface area contributed by atoms with Crippen LogP contribution in [-0.4, -0.2) is 38.4 Å². The molecule has 0 radical (unpaired) electrons. The van der Waals surface area contributed by atoms with E-state index in [9.17, 15) is 26.7 Å². The van der Waals surface area contributed by atoms with Crippen molar-refractivity contribution < 1.29 is 41.0 Å². The molecule has 1 atom stereocenters. The van der Waals surface area contributed by atoms with E-state index in [0.717, 1.165) is 25.7 Å². The van der Waals surface area contributed by atoms with Gasteiger partial charge in [0, 0.05) is 32.3 Å². The van der Waals surface area contributed by atoms with Crippen molar-refractivity contribution in [1.82, 2.24) is 5.32 Å². The second-order valence-electron chi connectivity index (χ2n) is 8.98. The molecule has 1 rings (SSSR count). The minimum atomic E-state index is -2.29. The first-order valence-corrected chi connectivity index (χ1v) is 13.7. The summed E-state index contributed by atoms with van der Waals surface area (Å²) in [5.74, 6) is -12.0. The number of halogens is 5. The molecule has 6 nitrogen and oxygen atoms in total. The lowest BCUT2D eigenvalue weighted by molar-refractivity contribution is -0.403. The molecule has 0 aliphatic carbocycles. The third-order valence-electron chi connectivity index (χ3n) is 6.16. The quantitative estimate of drug-likeness (QED) is 0.0567. The van der Waals surface area contributed by atoms with Gasteiger partial charge in [-0.05, 0) is 40.0 Å². The van der Waals surface area contributed by atoms with E-state index in [4.69, 9.17) is 14.2 Å². The Hall–Kier alpha value is -1.98. The molecule has 0 saturated heterocycles. The number of urea groups is 1. The van der Waals surface area contributed by atoms with Gasteiger partial charge in [-0.2, -0.15) is 0 Å². The maximum Gasteiger partial charge on any atom is 0.319 e. The highest BCUT2D eigenvalue weighted by Gasteiger charge is 2.41. The van der Waals surface area contributed by atoms with Gasteiger partial charge in [-0.15, -0.1) is 0 Å². The molecule has 0 aromatic heterocycles. The molecule has 0 saturated carbocycles. The molecular weight excluding hydrogens is 511 g/mol. The number of anilines is 1. The van der Waals surface area contributed by atoms with Gasteiger partial charge in [0.2, 0.25) is 5.82 Å². The van der Waals surface area contributed by atoms with Crippen molar-refractivity contribution in [3.63, 3.8) is 0 Å². The van der Waals surface area contributed by atoms with E-state index < -0.39 is 46.8 Å². The van der Waals surface area contributed by atoms with Gasteiger partial charge < -0.3 is 24.8 Å². The summed E-state index contributed by atoms with van der Waals surface area (Å²) >= 11 is 0. The summed E-state index contributed by atoms with van der Waals surface area (Å²) in [5, 5.41) is 4.09. The first-order chi connectivity index (χ1) is 18.2. The largest absolute Gasteiger partial charge is 0.338 e. The van der Waals surface area contributed by atoms with E-state index >= 15 is 0 Å². The molecule has 2 N–H and O–H groups in total. The summed E-state index contributed by atoms with van der Waals surface area (Å²) in [6.45, 7) is 9.15. The molecule has 0 aliphatic rings. The molecule has 11 heteroatoms. The number of benzene rings is 1. The van der Waals surface area contributed by atoms with Crippen LogP contribution < -0.4 is 10.6 Å². The van der Waals surface area contributed by atoms with Crippen molar-refractivity contribution in [3.05, 3.63) is 29.1 Å². The van der Waals surface area contributed by atoms with Crippen LogP contribution in [0.4, 0.5) is 32.4 Å². The van der Waals surface area contributed by atoms with Crippen LogP contribution >= 0.6 is 0 Å². The van der Waals surface area contributed by atoms with E-state index in [-0.39, 0.29) is 12.5 Å². The van der Waals surface area contributed by atoms with Crippen molar-refractivity contribution in [2.75, 3.05) is 31.7 Å². The van der Waals surface area contributed by atoms with Gasteiger partial charge in [-0.3, -0.25) is 0 Å². The molecule has 0 fully saturated rings. The van der Waals surface area contributed by atoms with Crippen LogP contribution in [0, 0.1) is 35.0 Å². The van der Waals surface area contributed by atoms with Crippen LogP contribution in [0.2, 0.25) is 0 Å². The van der Waals surface area contributed by atoms with Crippen LogP contribution in [0.3, 0.4) is 0 Å². The third-order valence-corrected chi connectivity index (χ3v) is 6.16. The number of amides is 2. The van der Waals surface area contributed by atoms with E-state index in [2.05, 4.69) is 12.2 Å². The maximum absolute atomic E-state index is 13.8. The number of carbonyl (C=O) groups is 1. The van der Waals surface area contributed by atoms with Gasteiger partial charge in [0.25, 0.3) is 5.97 Å². The number of nitrogens with one attached hydrogen (secondary N) is 2. The monoisotopic (exact) mass is 554 g/mol. The van der Waals surface area contributed by atoms with Crippen LogP contribution in [0.25, 0.3) is 0 Å². The van der Waals surface area contributed by atoms with E-state index in [1.165, 1.54) is 19.3 Å². The maximum atomic E-state index is 13.8. The molecule has 38 heavy (non-hydrogen) atoms. The zero-order valence-electron chi connectivity index (χ0n) is 23.0. The highest BCUT2D eigenvalue weighted by atomic mass is 19.2. The predicted octanol–water partition coefficient (Wildman–Crippen LogP) is 7.80. The Morgan fingerprint density at radius 2 is 1.13 bits per heavy atom. The average Bonchev–Trinajstić information content (AvgIpc) is 2.89. The fourth-order valence-electron chi connectivity index (χ4n) is 4.34. The third kappa shape index (κ3) is 10.3. The number of unbranched alkanes of at least 4 members (excludes halogenated alkanes) is 6. The molecular formula is C27H43F5N2O4. The standard InChI is InChI=1S/C27H43F5N2O4/c1-5-9-10-11-12-13-16-19(27(36-6-2,37-7-3)38-8-4)17-14-15-18-33-26(35)34-25-23(31)21(29)20(28)22(30)24(25)32/h19H,5-18H2,1-4H3,(H2,33,34,35). The molecule has 2 amide bonds. The van der Waals surface area contributed by atoms with E-state index in [0.29, 0.717) is 39.1 Å². The minimum absolute atomic E-state index is 0.0595. The van der Waals surface area contributed by atoms with Crippen molar-refractivity contribution in [2.24, 2.45) is 5.92 Å². The van der Waals surface area contributed by atoms with Gasteiger partial charge in [-0.25, -0.2) is 26.7 Å². The van der Waals surface area contributed by atoms with Crippen LogP contribution in [0.15, 0.2) is 0 Å². The summed E-state index contributed by atoms with van der Waals surface area (Å²) in [6, 6.07) is -1.08. The summed E-state index contributed by atoms with van der Waals surface area (Å²) in [4.78, 5) is 12.0. The first-order valence-electron chi connectivity index (χ1n) is 13.7. The normalized spacial score (nSPS) is 12.6. The summed E-state index contributed by atoms with van der Waals surface area (Å²) < 4.78 is 85.4. The fraction of sp³-hybridized carbons (Fsp3) is 0.741. The molecule has 0 heterocycles. The van der Waals surface area contributed by atoms with Crippen molar-refractivity contribution in [1.29, 1.82) is 0 Å². The molecule has 1 unspecified atom stereocenters. The Balaban J connectivity index is 2.71. The minimum Gasteiger partial charge on any atom is -0.338 e. The fourth-order valence-corrected chi connectivity index (χ4v) is 4.34. The molecule has 0 spiro atoms. The SMILES string of the molecule is CCCCCCCCC(CCCCNC(=O)Nc1c(F)c(F)c(F)c(F)c1F)C(OCC)(OCC)OCC. The number of rotatable bonds is 20. The predicted molar refractivity (Wildman–Crippen MR) is 136 cm³/mol. The topological polar surface area (TPSA) is 68.8 Å². The van der Waals surface area contributed by atoms with Gasteiger partial charge in [-0.1, -0.05) is 51.9 Å². The number of hydrogen-bond acceptors (Lipinski definition) is 4. The van der Waals surface area contributed by atoms with Crippen LogP contribution in [0.1, 0.15) is 91.9 Å². The molecule has 0 aliphatic heterocycles. The van der Waals surface area contributed by atoms with Crippen molar-refractivity contribution in [2.45, 2.75) is 97.9 Å². The second-order valence-corrected chi connectivity index (χ2v) is 8.98. The summed E-state index contributed by atoms with van der Waals surface area (Å²) in [5.41, 5.74) is -1.40. The smallest absolute Gasteiger partial charge is 0.319 e. The number of hydrogen-bond donors (Lipinski definition) is 2.